The maximum atomic E-state index is 12.2. The number of likely N-dealkylation sites (N-methyl/N-ethyl adjacent to an activating group) is 1. The Hall–Kier alpha value is -3.08. The average molecular weight is 519 g/mol. The van der Waals surface area contributed by atoms with Gasteiger partial charge in [0.2, 0.25) is 0 Å². The first-order valence-electron chi connectivity index (χ1n) is 11.3. The summed E-state index contributed by atoms with van der Waals surface area (Å²) in [7, 11) is -0.767. The number of fused-ring (bicyclic) bond motifs is 1. The number of carbonyl (C=O) groups excluding carboxylic acids is 1. The molecule has 3 rings (SSSR count). The minimum Gasteiger partial charge on any atom is -0.756 e. The standard InChI is InChI=1S/C24H31N4O7P/c1-18(2)24(30)33-15-12-28(3,4)13-16-35-36(31,32)34-14-11-19-9-10-23(29)22(17-19)27-25-20-7-5-6-8-21(20)26-27/h5-10,17H,1,11-16H2,2-4H3,(H-,29,31,32). The molecule has 3 aromatic rings. The molecular weight excluding hydrogens is 487 g/mol. The number of phenolic OH excluding ortho intramolecular Hbond substituents is 1. The van der Waals surface area contributed by atoms with E-state index in [-0.39, 0.29) is 32.0 Å². The van der Waals surface area contributed by atoms with Gasteiger partial charge in [-0.2, -0.15) is 0 Å². The molecule has 194 valence electrons. The van der Waals surface area contributed by atoms with Gasteiger partial charge in [0.05, 0.1) is 20.7 Å². The normalized spacial score (nSPS) is 13.4. The molecule has 1 aromatic heterocycles. The smallest absolute Gasteiger partial charge is 0.333 e. The Bertz CT molecular complexity index is 1240. The van der Waals surface area contributed by atoms with Crippen molar-refractivity contribution in [3.63, 3.8) is 0 Å². The molecular formula is C24H31N4O7P. The average Bonchev–Trinajstić information content (AvgIpc) is 3.23. The molecule has 1 N–H and O–H groups in total. The first-order valence-corrected chi connectivity index (χ1v) is 12.8. The highest BCUT2D eigenvalue weighted by atomic mass is 31.2. The maximum absolute atomic E-state index is 12.2. The van der Waals surface area contributed by atoms with Crippen molar-refractivity contribution in [1.29, 1.82) is 0 Å². The van der Waals surface area contributed by atoms with Crippen molar-refractivity contribution < 1.29 is 37.6 Å². The van der Waals surface area contributed by atoms with Crippen LogP contribution in [-0.2, 0) is 29.6 Å². The van der Waals surface area contributed by atoms with Gasteiger partial charge in [-0.1, -0.05) is 24.8 Å². The molecule has 0 aliphatic carbocycles. The van der Waals surface area contributed by atoms with Crippen LogP contribution in [0.5, 0.6) is 5.75 Å². The third-order valence-electron chi connectivity index (χ3n) is 5.41. The zero-order chi connectivity index (χ0) is 26.3. The highest BCUT2D eigenvalue weighted by Crippen LogP contribution is 2.38. The summed E-state index contributed by atoms with van der Waals surface area (Å²) in [5, 5.41) is 19.0. The van der Waals surface area contributed by atoms with Crippen LogP contribution in [0.25, 0.3) is 16.7 Å². The second kappa shape index (κ2) is 11.8. The van der Waals surface area contributed by atoms with E-state index < -0.39 is 13.8 Å². The number of hydrogen-bond acceptors (Lipinski definition) is 9. The fourth-order valence-electron chi connectivity index (χ4n) is 3.18. The molecule has 36 heavy (non-hydrogen) atoms. The summed E-state index contributed by atoms with van der Waals surface area (Å²) in [6.07, 6.45) is 0.263. The van der Waals surface area contributed by atoms with Crippen LogP contribution in [0.4, 0.5) is 0 Å². The highest BCUT2D eigenvalue weighted by Gasteiger charge is 2.19. The molecule has 11 nitrogen and oxygen atoms in total. The number of phosphoric acid groups is 1. The number of phenols is 1. The van der Waals surface area contributed by atoms with E-state index in [4.69, 9.17) is 13.8 Å². The van der Waals surface area contributed by atoms with Crippen LogP contribution >= 0.6 is 7.82 Å². The summed E-state index contributed by atoms with van der Waals surface area (Å²) in [6, 6.07) is 12.2. The van der Waals surface area contributed by atoms with Gasteiger partial charge in [0.15, 0.2) is 0 Å². The molecule has 1 heterocycles. The number of nitrogens with zero attached hydrogens (tertiary/aromatic N) is 4. The van der Waals surface area contributed by atoms with Gasteiger partial charge < -0.3 is 28.3 Å². The summed E-state index contributed by atoms with van der Waals surface area (Å²) in [6.45, 7) is 5.92. The minimum absolute atomic E-state index is 0.00654. The molecule has 1 unspecified atom stereocenters. The number of aromatic hydroxyl groups is 1. The van der Waals surface area contributed by atoms with Gasteiger partial charge in [-0.3, -0.25) is 4.57 Å². The van der Waals surface area contributed by atoms with E-state index >= 15 is 0 Å². The monoisotopic (exact) mass is 518 g/mol. The zero-order valence-electron chi connectivity index (χ0n) is 20.6. The fraction of sp³-hybridized carbons (Fsp3) is 0.375. The third-order valence-corrected chi connectivity index (χ3v) is 6.40. The predicted molar refractivity (Wildman–Crippen MR) is 131 cm³/mol. The molecule has 1 atom stereocenters. The third kappa shape index (κ3) is 7.97. The molecule has 0 bridgehead atoms. The van der Waals surface area contributed by atoms with Crippen molar-refractivity contribution in [3.05, 3.63) is 60.2 Å². The topological polar surface area (TPSA) is 136 Å². The van der Waals surface area contributed by atoms with E-state index in [1.54, 1.807) is 19.1 Å². The lowest BCUT2D eigenvalue weighted by molar-refractivity contribution is -0.890. The quantitative estimate of drug-likeness (QED) is 0.157. The van der Waals surface area contributed by atoms with Crippen LogP contribution in [0.2, 0.25) is 0 Å². The van der Waals surface area contributed by atoms with Crippen molar-refractivity contribution in [2.75, 3.05) is 47.0 Å². The lowest BCUT2D eigenvalue weighted by atomic mass is 10.1. The van der Waals surface area contributed by atoms with Crippen LogP contribution in [-0.4, -0.2) is 77.6 Å². The number of aromatic nitrogens is 3. The molecule has 0 spiro atoms. The minimum atomic E-state index is -4.51. The summed E-state index contributed by atoms with van der Waals surface area (Å²) in [5.41, 5.74) is 2.79. The van der Waals surface area contributed by atoms with Crippen LogP contribution in [0.1, 0.15) is 12.5 Å². The van der Waals surface area contributed by atoms with Gasteiger partial charge in [-0.05, 0) is 43.2 Å². The molecule has 0 aliphatic rings. The Labute approximate surface area is 209 Å². The van der Waals surface area contributed by atoms with Gasteiger partial charge in [0.1, 0.15) is 48.8 Å². The van der Waals surface area contributed by atoms with Gasteiger partial charge >= 0.3 is 5.97 Å². The van der Waals surface area contributed by atoms with Crippen molar-refractivity contribution in [2.45, 2.75) is 13.3 Å². The fourth-order valence-corrected chi connectivity index (χ4v) is 3.88. The Morgan fingerprint density at radius 1 is 1.08 bits per heavy atom. The zero-order valence-corrected chi connectivity index (χ0v) is 21.5. The molecule has 0 fully saturated rings. The largest absolute Gasteiger partial charge is 0.756 e. The number of hydrogen-bond donors (Lipinski definition) is 1. The van der Waals surface area contributed by atoms with Crippen LogP contribution in [0.3, 0.4) is 0 Å². The number of quaternary nitrogens is 1. The summed E-state index contributed by atoms with van der Waals surface area (Å²) < 4.78 is 27.6. The van der Waals surface area contributed by atoms with Crippen molar-refractivity contribution in [2.24, 2.45) is 0 Å². The predicted octanol–water partition coefficient (Wildman–Crippen LogP) is 2.37. The summed E-state index contributed by atoms with van der Waals surface area (Å²) in [5.74, 6) is -0.466. The van der Waals surface area contributed by atoms with Gasteiger partial charge in [0.25, 0.3) is 7.82 Å². The number of esters is 1. The van der Waals surface area contributed by atoms with E-state index in [0.717, 1.165) is 5.56 Å². The number of ether oxygens (including phenoxy) is 1. The number of rotatable bonds is 13. The molecule has 0 radical (unpaired) electrons. The Kier molecular flexibility index (Phi) is 8.99. The number of benzene rings is 2. The molecule has 0 amide bonds. The summed E-state index contributed by atoms with van der Waals surface area (Å²) >= 11 is 0. The maximum Gasteiger partial charge on any atom is 0.333 e. The lowest BCUT2D eigenvalue weighted by Crippen LogP contribution is -2.45. The molecule has 12 heteroatoms. The SMILES string of the molecule is C=C(C)C(=O)OCC[N+](C)(C)CCOP(=O)([O-])OCCc1ccc(O)c(-n2nc3ccccc3n2)c1. The highest BCUT2D eigenvalue weighted by molar-refractivity contribution is 7.45. The van der Waals surface area contributed by atoms with Gasteiger partial charge in [0, 0.05) is 5.57 Å². The van der Waals surface area contributed by atoms with Crippen molar-refractivity contribution >= 4 is 24.8 Å². The van der Waals surface area contributed by atoms with E-state index in [0.29, 0.717) is 39.9 Å². The van der Waals surface area contributed by atoms with Gasteiger partial charge in [-0.25, -0.2) is 4.79 Å². The second-order valence-electron chi connectivity index (χ2n) is 8.96. The Balaban J connectivity index is 1.47. The van der Waals surface area contributed by atoms with Crippen molar-refractivity contribution in [1.82, 2.24) is 15.0 Å². The first kappa shape index (κ1) is 27.5. The summed E-state index contributed by atoms with van der Waals surface area (Å²) in [4.78, 5) is 25.0. The molecule has 0 saturated heterocycles. The Morgan fingerprint density at radius 2 is 1.69 bits per heavy atom. The van der Waals surface area contributed by atoms with Crippen LogP contribution in [0, 0.1) is 0 Å². The van der Waals surface area contributed by atoms with E-state index in [9.17, 15) is 19.4 Å². The molecule has 0 saturated carbocycles. The number of phosphoric ester groups is 1. The Morgan fingerprint density at radius 3 is 2.33 bits per heavy atom. The lowest BCUT2D eigenvalue weighted by Gasteiger charge is -2.31. The van der Waals surface area contributed by atoms with Crippen LogP contribution < -0.4 is 4.89 Å². The first-order chi connectivity index (χ1) is 17.0. The molecule has 0 aliphatic heterocycles. The van der Waals surface area contributed by atoms with Gasteiger partial charge in [-0.15, -0.1) is 15.0 Å². The van der Waals surface area contributed by atoms with E-state index in [1.165, 1.54) is 10.9 Å². The number of carbonyl (C=O) groups is 1. The van der Waals surface area contributed by atoms with E-state index in [1.807, 2.05) is 38.4 Å². The van der Waals surface area contributed by atoms with E-state index in [2.05, 4.69) is 16.8 Å². The van der Waals surface area contributed by atoms with Crippen LogP contribution in [0.15, 0.2) is 54.6 Å². The molecule has 2 aromatic carbocycles. The second-order valence-corrected chi connectivity index (χ2v) is 10.4. The van der Waals surface area contributed by atoms with Crippen molar-refractivity contribution in [3.8, 4) is 11.4 Å².